The summed E-state index contributed by atoms with van der Waals surface area (Å²) in [5.41, 5.74) is 1.70. The quantitative estimate of drug-likeness (QED) is 0.884. The molecule has 98 valence electrons. The number of ether oxygens (including phenoxy) is 1. The van der Waals surface area contributed by atoms with Crippen LogP contribution in [0.3, 0.4) is 0 Å². The minimum absolute atomic E-state index is 0.166. The highest BCUT2D eigenvalue weighted by atomic mass is 16.5. The van der Waals surface area contributed by atoms with Gasteiger partial charge in [-0.15, -0.1) is 0 Å². The Hall–Kier alpha value is -0.900. The first kappa shape index (κ1) is 12.2. The lowest BCUT2D eigenvalue weighted by molar-refractivity contribution is -0.105. The number of aliphatic hydroxyl groups is 1. The molecule has 0 unspecified atom stereocenters. The van der Waals surface area contributed by atoms with Gasteiger partial charge < -0.3 is 9.84 Å². The van der Waals surface area contributed by atoms with Gasteiger partial charge in [-0.2, -0.15) is 0 Å². The first-order valence-corrected chi connectivity index (χ1v) is 6.81. The van der Waals surface area contributed by atoms with Crippen molar-refractivity contribution in [1.82, 2.24) is 4.90 Å². The van der Waals surface area contributed by atoms with Crippen molar-refractivity contribution >= 4 is 0 Å². The molecule has 2 fully saturated rings. The third-order valence-corrected chi connectivity index (χ3v) is 4.43. The molecule has 2 aliphatic heterocycles. The third-order valence-electron chi connectivity index (χ3n) is 4.43. The van der Waals surface area contributed by atoms with Gasteiger partial charge in [-0.05, 0) is 18.4 Å². The molecule has 2 saturated heterocycles. The maximum absolute atomic E-state index is 9.64. The van der Waals surface area contributed by atoms with Gasteiger partial charge in [0.2, 0.25) is 0 Å². The molecule has 0 radical (unpaired) electrons. The van der Waals surface area contributed by atoms with Crippen LogP contribution in [-0.2, 0) is 4.74 Å². The molecule has 1 spiro atoms. The Kier molecular flexibility index (Phi) is 3.37. The maximum atomic E-state index is 9.64. The van der Waals surface area contributed by atoms with Crippen molar-refractivity contribution in [3.05, 3.63) is 35.9 Å². The molecular weight excluding hydrogens is 226 g/mol. The summed E-state index contributed by atoms with van der Waals surface area (Å²) >= 11 is 0. The third kappa shape index (κ3) is 2.18. The summed E-state index contributed by atoms with van der Waals surface area (Å²) in [6.07, 6.45) is 2.35. The molecule has 0 bridgehead atoms. The highest BCUT2D eigenvalue weighted by Gasteiger charge is 2.46. The average Bonchev–Trinajstić information content (AvgIpc) is 2.40. The molecule has 18 heavy (non-hydrogen) atoms. The van der Waals surface area contributed by atoms with Crippen molar-refractivity contribution in [3.63, 3.8) is 0 Å². The van der Waals surface area contributed by atoms with Crippen LogP contribution in [0.5, 0.6) is 0 Å². The van der Waals surface area contributed by atoms with E-state index in [1.807, 2.05) is 18.2 Å². The zero-order valence-electron chi connectivity index (χ0n) is 10.7. The predicted molar refractivity (Wildman–Crippen MR) is 70.3 cm³/mol. The lowest BCUT2D eigenvalue weighted by atomic mass is 9.72. The van der Waals surface area contributed by atoms with Crippen LogP contribution in [0, 0.1) is 5.41 Å². The largest absolute Gasteiger partial charge is 0.394 e. The summed E-state index contributed by atoms with van der Waals surface area (Å²) < 4.78 is 5.44. The molecule has 1 N–H and O–H groups in total. The predicted octanol–water partition coefficient (Wildman–Crippen LogP) is 1.83. The van der Waals surface area contributed by atoms with Gasteiger partial charge in [0.1, 0.15) is 0 Å². The van der Waals surface area contributed by atoms with Crippen LogP contribution in [0.15, 0.2) is 30.3 Å². The van der Waals surface area contributed by atoms with Gasteiger partial charge in [0, 0.05) is 31.7 Å². The second-order valence-electron chi connectivity index (χ2n) is 5.63. The number of nitrogens with zero attached hydrogens (tertiary/aromatic N) is 1. The molecule has 3 heteroatoms. The van der Waals surface area contributed by atoms with E-state index in [1.54, 1.807) is 0 Å². The second-order valence-corrected chi connectivity index (χ2v) is 5.63. The Morgan fingerprint density at radius 2 is 1.83 bits per heavy atom. The summed E-state index contributed by atoms with van der Waals surface area (Å²) in [7, 11) is 0. The normalized spacial score (nSPS) is 24.7. The van der Waals surface area contributed by atoms with Gasteiger partial charge in [-0.25, -0.2) is 0 Å². The van der Waals surface area contributed by atoms with Crippen LogP contribution in [0.1, 0.15) is 24.4 Å². The molecule has 0 aliphatic carbocycles. The van der Waals surface area contributed by atoms with Crippen LogP contribution in [-0.4, -0.2) is 42.9 Å². The first-order valence-electron chi connectivity index (χ1n) is 6.81. The lowest BCUT2D eigenvalue weighted by Crippen LogP contribution is -2.59. The molecule has 3 rings (SSSR count). The summed E-state index contributed by atoms with van der Waals surface area (Å²) in [6, 6.07) is 10.5. The maximum Gasteiger partial charge on any atom is 0.0628 e. The van der Waals surface area contributed by atoms with E-state index in [2.05, 4.69) is 17.0 Å². The van der Waals surface area contributed by atoms with Crippen LogP contribution in [0.2, 0.25) is 0 Å². The molecule has 1 aromatic rings. The van der Waals surface area contributed by atoms with Crippen molar-refractivity contribution in [2.75, 3.05) is 32.9 Å². The topological polar surface area (TPSA) is 32.7 Å². The molecular formula is C15H21NO2. The Labute approximate surface area is 108 Å². The first-order chi connectivity index (χ1) is 8.83. The van der Waals surface area contributed by atoms with Crippen LogP contribution in [0.4, 0.5) is 0 Å². The number of benzene rings is 1. The SMILES string of the molecule is OC[C@H](c1ccccc1)N1CC2(CCOCC2)C1. The van der Waals surface area contributed by atoms with Gasteiger partial charge in [0.05, 0.1) is 12.6 Å². The van der Waals surface area contributed by atoms with Crippen molar-refractivity contribution in [3.8, 4) is 0 Å². The van der Waals surface area contributed by atoms with E-state index in [9.17, 15) is 5.11 Å². The van der Waals surface area contributed by atoms with E-state index in [1.165, 1.54) is 18.4 Å². The molecule has 1 atom stereocenters. The van der Waals surface area contributed by atoms with E-state index in [0.29, 0.717) is 5.41 Å². The molecule has 0 aromatic heterocycles. The number of rotatable bonds is 3. The Bertz CT molecular complexity index is 379. The van der Waals surface area contributed by atoms with Gasteiger partial charge in [-0.3, -0.25) is 4.90 Å². The van der Waals surface area contributed by atoms with Crippen molar-refractivity contribution in [1.29, 1.82) is 0 Å². The fraction of sp³-hybridized carbons (Fsp3) is 0.600. The summed E-state index contributed by atoms with van der Waals surface area (Å²) in [5.74, 6) is 0. The molecule has 0 saturated carbocycles. The standard InChI is InChI=1S/C15H21NO2/c17-10-14(13-4-2-1-3-5-13)16-11-15(12-16)6-8-18-9-7-15/h1-5,14,17H,6-12H2/t14-/m1/s1. The zero-order valence-corrected chi connectivity index (χ0v) is 10.7. The lowest BCUT2D eigenvalue weighted by Gasteiger charge is -2.54. The van der Waals surface area contributed by atoms with E-state index in [0.717, 1.165) is 26.3 Å². The minimum Gasteiger partial charge on any atom is -0.394 e. The number of hydrogen-bond acceptors (Lipinski definition) is 3. The number of likely N-dealkylation sites (tertiary alicyclic amines) is 1. The van der Waals surface area contributed by atoms with Gasteiger partial charge in [0.15, 0.2) is 0 Å². The van der Waals surface area contributed by atoms with Crippen molar-refractivity contribution < 1.29 is 9.84 Å². The van der Waals surface area contributed by atoms with E-state index >= 15 is 0 Å². The van der Waals surface area contributed by atoms with Gasteiger partial charge in [0.25, 0.3) is 0 Å². The number of aliphatic hydroxyl groups excluding tert-OH is 1. The minimum atomic E-state index is 0.166. The fourth-order valence-corrected chi connectivity index (χ4v) is 3.26. The highest BCUT2D eigenvalue weighted by molar-refractivity contribution is 5.20. The summed E-state index contributed by atoms with van der Waals surface area (Å²) in [6.45, 7) is 4.23. The van der Waals surface area contributed by atoms with Gasteiger partial charge >= 0.3 is 0 Å². The molecule has 2 heterocycles. The van der Waals surface area contributed by atoms with Crippen molar-refractivity contribution in [2.24, 2.45) is 5.41 Å². The van der Waals surface area contributed by atoms with E-state index in [-0.39, 0.29) is 12.6 Å². The average molecular weight is 247 g/mol. The van der Waals surface area contributed by atoms with E-state index in [4.69, 9.17) is 4.74 Å². The Morgan fingerprint density at radius 3 is 2.44 bits per heavy atom. The summed E-state index contributed by atoms with van der Waals surface area (Å²) in [5, 5.41) is 9.64. The zero-order chi connectivity index (χ0) is 12.4. The van der Waals surface area contributed by atoms with Crippen LogP contribution < -0.4 is 0 Å². The molecule has 3 nitrogen and oxygen atoms in total. The van der Waals surface area contributed by atoms with Crippen LogP contribution in [0.25, 0.3) is 0 Å². The van der Waals surface area contributed by atoms with Crippen LogP contribution >= 0.6 is 0 Å². The van der Waals surface area contributed by atoms with E-state index < -0.39 is 0 Å². The molecule has 2 aliphatic rings. The number of hydrogen-bond donors (Lipinski definition) is 1. The fourth-order valence-electron chi connectivity index (χ4n) is 3.26. The monoisotopic (exact) mass is 247 g/mol. The molecule has 0 amide bonds. The summed E-state index contributed by atoms with van der Waals surface area (Å²) in [4.78, 5) is 2.40. The van der Waals surface area contributed by atoms with Gasteiger partial charge in [-0.1, -0.05) is 30.3 Å². The second kappa shape index (κ2) is 5.00. The smallest absolute Gasteiger partial charge is 0.0628 e. The Balaban J connectivity index is 1.65. The van der Waals surface area contributed by atoms with Crippen molar-refractivity contribution in [2.45, 2.75) is 18.9 Å². The highest BCUT2D eigenvalue weighted by Crippen LogP contribution is 2.43. The Morgan fingerprint density at radius 1 is 1.17 bits per heavy atom. The molecule has 1 aromatic carbocycles.